The van der Waals surface area contributed by atoms with Gasteiger partial charge in [0.15, 0.2) is 0 Å². The van der Waals surface area contributed by atoms with Gasteiger partial charge in [0, 0.05) is 0 Å². The van der Waals surface area contributed by atoms with E-state index in [0.717, 1.165) is 0 Å². The third kappa shape index (κ3) is 8.98. The van der Waals surface area contributed by atoms with Crippen LogP contribution in [0.3, 0.4) is 0 Å². The van der Waals surface area contributed by atoms with Crippen molar-refractivity contribution in [2.45, 2.75) is 0 Å². The second-order valence-corrected chi connectivity index (χ2v) is 1.23. The first kappa shape index (κ1) is 9.40. The molecule has 0 fully saturated rings. The maximum absolute atomic E-state index is 8.94. The van der Waals surface area contributed by atoms with Crippen LogP contribution in [-0.4, -0.2) is 29.6 Å². The van der Waals surface area contributed by atoms with E-state index in [0.29, 0.717) is 0 Å². The molecule has 0 aromatic carbocycles. The van der Waals surface area contributed by atoms with Crippen LogP contribution in [0, 0.1) is 0 Å². The van der Waals surface area contributed by atoms with Crippen molar-refractivity contribution in [2.24, 2.45) is 0 Å². The molecule has 0 atom stereocenters. The Morgan fingerprint density at radius 3 is 1.75 bits per heavy atom. The molecule has 0 unspecified atom stereocenters. The first-order chi connectivity index (χ1) is 1.41. The summed E-state index contributed by atoms with van der Waals surface area (Å²) in [7, 11) is 0. The first-order valence-electron chi connectivity index (χ1n) is 0.381. The van der Waals surface area contributed by atoms with Crippen LogP contribution in [-0.2, 0) is 33.6 Å². The van der Waals surface area contributed by atoms with Crippen LogP contribution in [0.4, 0.5) is 0 Å². The third-order valence-corrected chi connectivity index (χ3v) is 0. The average Bonchev–Trinajstić information content (AvgIpc) is 0.918. The quantitative estimate of drug-likeness (QED) is 0.407. The standard InChI is InChI=1S/Fe.Na.O.Ti.H. The Bertz CT molecular complexity index is 15.5. The van der Waals surface area contributed by atoms with Gasteiger partial charge in [0.1, 0.15) is 0 Å². The second kappa shape index (κ2) is 8.90. The molecular formula is HFeNaOTi. The van der Waals surface area contributed by atoms with Gasteiger partial charge in [0.2, 0.25) is 0 Å². The van der Waals surface area contributed by atoms with Crippen molar-refractivity contribution >= 4 is 29.6 Å². The minimum atomic E-state index is -1.00. The van der Waals surface area contributed by atoms with E-state index in [1.54, 1.807) is 0 Å². The van der Waals surface area contributed by atoms with Crippen molar-refractivity contribution in [3.05, 3.63) is 0 Å². The van der Waals surface area contributed by atoms with Crippen LogP contribution in [0.1, 0.15) is 0 Å². The summed E-state index contributed by atoms with van der Waals surface area (Å²) in [6, 6.07) is 0. The van der Waals surface area contributed by atoms with E-state index in [2.05, 4.69) is 13.2 Å². The SMILES string of the molecule is [NaH].[O]=[Ti][Fe]. The van der Waals surface area contributed by atoms with E-state index in [-0.39, 0.29) is 29.6 Å². The van der Waals surface area contributed by atoms with Crippen molar-refractivity contribution in [3.63, 3.8) is 0 Å². The summed E-state index contributed by atoms with van der Waals surface area (Å²) in [4.78, 5) is 0. The fourth-order valence-electron chi connectivity index (χ4n) is 0. The molecule has 0 heterocycles. The molecule has 0 aliphatic heterocycles. The Morgan fingerprint density at radius 1 is 1.75 bits per heavy atom. The Hall–Kier alpha value is 2.03. The zero-order valence-corrected chi connectivity index (χ0v) is 3.93. The molecular weight excluding hydrogens is 143 g/mol. The molecule has 20 valence electrons. The monoisotopic (exact) mass is 144 g/mol. The first-order valence-corrected chi connectivity index (χ1v) is 3.85. The van der Waals surface area contributed by atoms with Gasteiger partial charge in [0.05, 0.1) is 0 Å². The van der Waals surface area contributed by atoms with Gasteiger partial charge in [-0.2, -0.15) is 0 Å². The molecule has 0 aliphatic carbocycles. The molecule has 0 spiro atoms. The Kier molecular flexibility index (Phi) is 20.9. The van der Waals surface area contributed by atoms with Gasteiger partial charge in [-0.15, -0.1) is 0 Å². The Labute approximate surface area is 62.2 Å². The summed E-state index contributed by atoms with van der Waals surface area (Å²) >= 11 is 2.06. The van der Waals surface area contributed by atoms with E-state index >= 15 is 0 Å². The second-order valence-electron chi connectivity index (χ2n) is 0.0722. The summed E-state index contributed by atoms with van der Waals surface area (Å²) in [5, 5.41) is 0. The van der Waals surface area contributed by atoms with Crippen molar-refractivity contribution in [3.8, 4) is 0 Å². The summed E-state index contributed by atoms with van der Waals surface area (Å²) < 4.78 is 8.94. The summed E-state index contributed by atoms with van der Waals surface area (Å²) in [5.41, 5.74) is 0. The Morgan fingerprint density at radius 2 is 1.75 bits per heavy atom. The van der Waals surface area contributed by atoms with E-state index < -0.39 is 17.0 Å². The molecule has 0 N–H and O–H groups in total. The van der Waals surface area contributed by atoms with Crippen molar-refractivity contribution in [1.82, 2.24) is 0 Å². The molecule has 0 aromatic heterocycles. The van der Waals surface area contributed by atoms with Crippen LogP contribution in [0.2, 0.25) is 0 Å². The van der Waals surface area contributed by atoms with Gasteiger partial charge in [-0.3, -0.25) is 0 Å². The predicted octanol–water partition coefficient (Wildman–Crippen LogP) is -0.772. The molecule has 0 aromatic rings. The van der Waals surface area contributed by atoms with Gasteiger partial charge in [0.25, 0.3) is 0 Å². The zero-order valence-electron chi connectivity index (χ0n) is 1.26. The summed E-state index contributed by atoms with van der Waals surface area (Å²) in [5.74, 6) is 0. The molecule has 0 amide bonds. The van der Waals surface area contributed by atoms with Gasteiger partial charge < -0.3 is 0 Å². The topological polar surface area (TPSA) is 17.1 Å². The predicted molar refractivity (Wildman–Crippen MR) is 7.84 cm³/mol. The van der Waals surface area contributed by atoms with Crippen LogP contribution in [0.25, 0.3) is 0 Å². The fraction of sp³-hybridized carbons (Fsp3) is 0. The van der Waals surface area contributed by atoms with Crippen molar-refractivity contribution < 1.29 is 33.6 Å². The summed E-state index contributed by atoms with van der Waals surface area (Å²) in [6.07, 6.45) is 0. The van der Waals surface area contributed by atoms with E-state index in [4.69, 9.17) is 3.32 Å². The molecule has 0 bridgehead atoms. The molecule has 4 heteroatoms. The van der Waals surface area contributed by atoms with E-state index in [1.807, 2.05) is 0 Å². The van der Waals surface area contributed by atoms with Crippen LogP contribution < -0.4 is 0 Å². The van der Waals surface area contributed by atoms with Gasteiger partial charge in [-0.25, -0.2) is 0 Å². The average molecular weight is 144 g/mol. The zero-order chi connectivity index (χ0) is 2.71. The molecule has 1 nitrogen and oxygen atoms in total. The molecule has 4 heavy (non-hydrogen) atoms. The molecule has 0 aliphatic rings. The van der Waals surface area contributed by atoms with E-state index in [1.165, 1.54) is 0 Å². The molecule has 0 saturated heterocycles. The van der Waals surface area contributed by atoms with Gasteiger partial charge in [-0.1, -0.05) is 0 Å². The number of rotatable bonds is 0. The van der Waals surface area contributed by atoms with Gasteiger partial charge in [-0.05, 0) is 0 Å². The van der Waals surface area contributed by atoms with Crippen molar-refractivity contribution in [1.29, 1.82) is 0 Å². The molecule has 0 radical (unpaired) electrons. The maximum atomic E-state index is 8.94. The fourth-order valence-corrected chi connectivity index (χ4v) is 0. The van der Waals surface area contributed by atoms with E-state index in [9.17, 15) is 0 Å². The molecule has 0 rings (SSSR count). The normalized spacial score (nSPS) is 2.25. The van der Waals surface area contributed by atoms with Crippen LogP contribution in [0.15, 0.2) is 0 Å². The van der Waals surface area contributed by atoms with Crippen molar-refractivity contribution in [2.75, 3.05) is 0 Å². The molecule has 0 saturated carbocycles. The van der Waals surface area contributed by atoms with Crippen LogP contribution >= 0.6 is 0 Å². The third-order valence-electron chi connectivity index (χ3n) is 0. The Balaban J connectivity index is 0. The minimum absolute atomic E-state index is 0. The number of hydrogen-bond donors (Lipinski definition) is 0. The summed E-state index contributed by atoms with van der Waals surface area (Å²) in [6.45, 7) is 0. The number of hydrogen-bond acceptors (Lipinski definition) is 1. The van der Waals surface area contributed by atoms with Crippen LogP contribution in [0.5, 0.6) is 0 Å². The van der Waals surface area contributed by atoms with Gasteiger partial charge >= 0.3 is 63.1 Å².